The van der Waals surface area contributed by atoms with E-state index in [9.17, 15) is 0 Å². The summed E-state index contributed by atoms with van der Waals surface area (Å²) in [7, 11) is 0. The van der Waals surface area contributed by atoms with E-state index in [0.29, 0.717) is 23.2 Å². The first-order valence-electron chi connectivity index (χ1n) is 8.28. The Hall–Kier alpha value is -2.01. The van der Waals surface area contributed by atoms with Crippen LogP contribution in [0.2, 0.25) is 10.0 Å². The molecular formula is C21H17BrCl2N2O. The van der Waals surface area contributed by atoms with E-state index in [1.165, 1.54) is 0 Å². The van der Waals surface area contributed by atoms with Gasteiger partial charge in [-0.25, -0.2) is 0 Å². The number of hydrazone groups is 1. The molecule has 138 valence electrons. The van der Waals surface area contributed by atoms with Crippen molar-refractivity contribution in [3.63, 3.8) is 0 Å². The molecule has 0 saturated heterocycles. The van der Waals surface area contributed by atoms with Gasteiger partial charge in [-0.2, -0.15) is 5.10 Å². The lowest BCUT2D eigenvalue weighted by molar-refractivity contribution is 0.306. The van der Waals surface area contributed by atoms with E-state index in [4.69, 9.17) is 27.9 Å². The number of nitrogens with zero attached hydrogens (tertiary/aromatic N) is 1. The van der Waals surface area contributed by atoms with Gasteiger partial charge in [0.2, 0.25) is 0 Å². The van der Waals surface area contributed by atoms with Crippen molar-refractivity contribution in [1.82, 2.24) is 5.43 Å². The predicted molar refractivity (Wildman–Crippen MR) is 116 cm³/mol. The lowest BCUT2D eigenvalue weighted by atomic mass is 10.2. The molecule has 0 fully saturated rings. The van der Waals surface area contributed by atoms with Crippen LogP contribution in [0.15, 0.2) is 76.3 Å². The fraction of sp³-hybridized carbons (Fsp3) is 0.0952. The molecule has 6 heteroatoms. The normalized spacial score (nSPS) is 10.9. The van der Waals surface area contributed by atoms with Crippen LogP contribution in [0, 0.1) is 0 Å². The van der Waals surface area contributed by atoms with E-state index in [1.807, 2.05) is 54.6 Å². The molecule has 3 aromatic carbocycles. The van der Waals surface area contributed by atoms with Crippen LogP contribution in [0.4, 0.5) is 0 Å². The van der Waals surface area contributed by atoms with Gasteiger partial charge in [0, 0.05) is 20.1 Å². The SMILES string of the molecule is Clc1cccc(Cl)c1CN/N=C\c1cccc(OCc2ccc(Br)cc2)c1. The van der Waals surface area contributed by atoms with Gasteiger partial charge in [-0.05, 0) is 47.5 Å². The molecule has 3 aromatic rings. The molecular weight excluding hydrogens is 447 g/mol. The minimum absolute atomic E-state index is 0.453. The largest absolute Gasteiger partial charge is 0.489 e. The van der Waals surface area contributed by atoms with Crippen molar-refractivity contribution in [2.24, 2.45) is 5.10 Å². The van der Waals surface area contributed by atoms with Gasteiger partial charge in [0.05, 0.1) is 12.8 Å². The number of nitrogens with one attached hydrogen (secondary N) is 1. The molecule has 0 radical (unpaired) electrons. The van der Waals surface area contributed by atoms with Crippen LogP contribution in [0.5, 0.6) is 5.75 Å². The van der Waals surface area contributed by atoms with Crippen LogP contribution < -0.4 is 10.2 Å². The third-order valence-corrected chi connectivity index (χ3v) is 5.04. The van der Waals surface area contributed by atoms with Crippen LogP contribution >= 0.6 is 39.1 Å². The number of benzene rings is 3. The highest BCUT2D eigenvalue weighted by atomic mass is 79.9. The molecule has 0 aliphatic heterocycles. The smallest absolute Gasteiger partial charge is 0.120 e. The summed E-state index contributed by atoms with van der Waals surface area (Å²) < 4.78 is 6.90. The summed E-state index contributed by atoms with van der Waals surface area (Å²) in [6.07, 6.45) is 1.73. The topological polar surface area (TPSA) is 33.6 Å². The van der Waals surface area contributed by atoms with Crippen molar-refractivity contribution in [3.05, 3.63) is 97.9 Å². The summed E-state index contributed by atoms with van der Waals surface area (Å²) in [5.74, 6) is 0.788. The second kappa shape index (κ2) is 9.79. The Labute approximate surface area is 177 Å². The summed E-state index contributed by atoms with van der Waals surface area (Å²) in [5, 5.41) is 5.47. The zero-order valence-corrected chi connectivity index (χ0v) is 17.4. The van der Waals surface area contributed by atoms with Gasteiger partial charge >= 0.3 is 0 Å². The molecule has 0 spiro atoms. The number of rotatable bonds is 7. The maximum Gasteiger partial charge on any atom is 0.120 e. The van der Waals surface area contributed by atoms with Gasteiger partial charge < -0.3 is 10.2 Å². The second-order valence-electron chi connectivity index (χ2n) is 5.78. The van der Waals surface area contributed by atoms with Crippen LogP contribution in [-0.2, 0) is 13.2 Å². The van der Waals surface area contributed by atoms with Gasteiger partial charge in [-0.1, -0.05) is 69.5 Å². The molecule has 0 saturated carbocycles. The summed E-state index contributed by atoms with van der Waals surface area (Å²) in [5.41, 5.74) is 5.83. The molecule has 3 nitrogen and oxygen atoms in total. The summed E-state index contributed by atoms with van der Waals surface area (Å²) in [6.45, 7) is 0.964. The molecule has 0 heterocycles. The Morgan fingerprint density at radius 2 is 1.67 bits per heavy atom. The number of hydrogen-bond acceptors (Lipinski definition) is 3. The van der Waals surface area contributed by atoms with E-state index in [1.54, 1.807) is 18.3 Å². The monoisotopic (exact) mass is 462 g/mol. The highest BCUT2D eigenvalue weighted by molar-refractivity contribution is 9.10. The van der Waals surface area contributed by atoms with Crippen molar-refractivity contribution < 1.29 is 4.74 Å². The maximum absolute atomic E-state index is 6.14. The van der Waals surface area contributed by atoms with Crippen LogP contribution in [0.3, 0.4) is 0 Å². The van der Waals surface area contributed by atoms with Crippen molar-refractivity contribution in [3.8, 4) is 5.75 Å². The standard InChI is InChI=1S/C21H17BrCl2N2O/c22-17-9-7-15(8-10-17)14-27-18-4-1-3-16(11-18)12-25-26-13-19-20(23)5-2-6-21(19)24/h1-12,26H,13-14H2/b25-12-. The van der Waals surface area contributed by atoms with E-state index in [2.05, 4.69) is 26.5 Å². The van der Waals surface area contributed by atoms with Crippen LogP contribution in [0.1, 0.15) is 16.7 Å². The van der Waals surface area contributed by atoms with E-state index in [0.717, 1.165) is 26.9 Å². The minimum atomic E-state index is 0.453. The zero-order chi connectivity index (χ0) is 19.1. The predicted octanol–water partition coefficient (Wildman–Crippen LogP) is 6.46. The fourth-order valence-corrected chi connectivity index (χ4v) is 3.17. The van der Waals surface area contributed by atoms with Crippen LogP contribution in [0.25, 0.3) is 0 Å². The van der Waals surface area contributed by atoms with Crippen LogP contribution in [-0.4, -0.2) is 6.21 Å². The van der Waals surface area contributed by atoms with Crippen molar-refractivity contribution >= 4 is 45.3 Å². The Morgan fingerprint density at radius 1 is 0.963 bits per heavy atom. The van der Waals surface area contributed by atoms with Gasteiger partial charge in [-0.3, -0.25) is 0 Å². The van der Waals surface area contributed by atoms with Gasteiger partial charge in [-0.15, -0.1) is 0 Å². The summed E-state index contributed by atoms with van der Waals surface area (Å²) in [6, 6.07) is 21.2. The second-order valence-corrected chi connectivity index (χ2v) is 7.51. The third-order valence-electron chi connectivity index (χ3n) is 3.80. The van der Waals surface area contributed by atoms with Crippen molar-refractivity contribution in [2.75, 3.05) is 0 Å². The molecule has 0 atom stereocenters. The Balaban J connectivity index is 1.55. The first kappa shape index (κ1) is 19.7. The fourth-order valence-electron chi connectivity index (χ4n) is 2.38. The average Bonchev–Trinajstić information content (AvgIpc) is 2.67. The Morgan fingerprint density at radius 3 is 2.41 bits per heavy atom. The molecule has 0 aliphatic carbocycles. The summed E-state index contributed by atoms with van der Waals surface area (Å²) >= 11 is 15.7. The molecule has 0 aromatic heterocycles. The Bertz CT molecular complexity index is 909. The Kier molecular flexibility index (Phi) is 7.16. The third kappa shape index (κ3) is 5.99. The number of ether oxygens (including phenoxy) is 1. The molecule has 27 heavy (non-hydrogen) atoms. The van der Waals surface area contributed by atoms with Crippen molar-refractivity contribution in [1.29, 1.82) is 0 Å². The minimum Gasteiger partial charge on any atom is -0.489 e. The number of hydrogen-bond donors (Lipinski definition) is 1. The summed E-state index contributed by atoms with van der Waals surface area (Å²) in [4.78, 5) is 0. The highest BCUT2D eigenvalue weighted by Gasteiger charge is 2.03. The zero-order valence-electron chi connectivity index (χ0n) is 14.3. The molecule has 1 N–H and O–H groups in total. The number of halogens is 3. The molecule has 3 rings (SSSR count). The maximum atomic E-state index is 6.14. The van der Waals surface area contributed by atoms with E-state index in [-0.39, 0.29) is 0 Å². The highest BCUT2D eigenvalue weighted by Crippen LogP contribution is 2.23. The molecule has 0 amide bonds. The lowest BCUT2D eigenvalue weighted by Crippen LogP contribution is -2.06. The lowest BCUT2D eigenvalue weighted by Gasteiger charge is -2.07. The van der Waals surface area contributed by atoms with Gasteiger partial charge in [0.25, 0.3) is 0 Å². The first-order valence-corrected chi connectivity index (χ1v) is 9.83. The van der Waals surface area contributed by atoms with Crippen molar-refractivity contribution in [2.45, 2.75) is 13.2 Å². The molecule has 0 bridgehead atoms. The molecule has 0 unspecified atom stereocenters. The molecule has 0 aliphatic rings. The van der Waals surface area contributed by atoms with E-state index < -0.39 is 0 Å². The van der Waals surface area contributed by atoms with Gasteiger partial charge in [0.1, 0.15) is 12.4 Å². The average molecular weight is 464 g/mol. The quantitative estimate of drug-likeness (QED) is 0.322. The first-order chi connectivity index (χ1) is 13.1. The van der Waals surface area contributed by atoms with E-state index >= 15 is 0 Å². The van der Waals surface area contributed by atoms with Gasteiger partial charge in [0.15, 0.2) is 0 Å².